The van der Waals surface area contributed by atoms with Crippen molar-refractivity contribution in [3.63, 3.8) is 0 Å². The van der Waals surface area contributed by atoms with Gasteiger partial charge in [-0.15, -0.1) is 0 Å². The zero-order chi connectivity index (χ0) is 47.5. The summed E-state index contributed by atoms with van der Waals surface area (Å²) in [5.41, 5.74) is 21.0. The van der Waals surface area contributed by atoms with Crippen molar-refractivity contribution in [1.29, 1.82) is 0 Å². The standard InChI is InChI=1S/C68H42O4/c1-67(2)51-33-50-52(34-49(51)59-53(67)31-47(65-61(59)45-17-9-11-19-55(45)69-65)37-23-25-41-43-27-21-35-13-5-7-15-39(35)63(43)71-57(41)29-37)68(3,4)54-32-48(66-62(60(50)54)46-18-10-12-20-56(46)70-66)38-24-26-42-44-28-22-36-14-6-8-16-40(36)64(44)72-58(42)30-38/h5-34H,1-4H3. The topological polar surface area (TPSA) is 52.6 Å². The van der Waals surface area contributed by atoms with Gasteiger partial charge in [-0.3, -0.25) is 0 Å². The molecular weight excluding hydrogens is 881 g/mol. The molecule has 0 amide bonds. The molecule has 0 fully saturated rings. The lowest BCUT2D eigenvalue weighted by Crippen LogP contribution is -2.17. The molecule has 0 unspecified atom stereocenters. The van der Waals surface area contributed by atoms with Gasteiger partial charge in [-0.05, 0) is 139 Å². The van der Waals surface area contributed by atoms with Crippen LogP contribution in [0.25, 0.3) is 154 Å². The summed E-state index contributed by atoms with van der Waals surface area (Å²) in [6.45, 7) is 9.61. The minimum atomic E-state index is -0.346. The number of rotatable bonds is 2. The third-order valence-corrected chi connectivity index (χ3v) is 17.0. The Bertz CT molecular complexity index is 4670. The fourth-order valence-electron chi connectivity index (χ4n) is 13.5. The first-order valence-corrected chi connectivity index (χ1v) is 25.0. The van der Waals surface area contributed by atoms with Gasteiger partial charge in [0.05, 0.1) is 0 Å². The third-order valence-electron chi connectivity index (χ3n) is 17.0. The van der Waals surface area contributed by atoms with Gasteiger partial charge < -0.3 is 17.7 Å². The molecule has 0 radical (unpaired) electrons. The van der Waals surface area contributed by atoms with Crippen LogP contribution in [0.15, 0.2) is 200 Å². The van der Waals surface area contributed by atoms with E-state index in [0.717, 1.165) is 121 Å². The summed E-state index contributed by atoms with van der Waals surface area (Å²) in [6.07, 6.45) is 0. The smallest absolute Gasteiger partial charge is 0.143 e. The number of hydrogen-bond acceptors (Lipinski definition) is 4. The normalized spacial score (nSPS) is 14.6. The van der Waals surface area contributed by atoms with E-state index in [9.17, 15) is 0 Å². The van der Waals surface area contributed by atoms with Crippen molar-refractivity contribution >= 4 is 109 Å². The van der Waals surface area contributed by atoms with Crippen LogP contribution < -0.4 is 0 Å². The van der Waals surface area contributed by atoms with Crippen LogP contribution in [-0.4, -0.2) is 0 Å². The molecule has 338 valence electrons. The fraction of sp³-hybridized carbons (Fsp3) is 0.0882. The molecule has 2 aliphatic rings. The molecule has 72 heavy (non-hydrogen) atoms. The SMILES string of the molecule is CC1(C)c2cc3c(cc2-c2c1cc(-c1ccc4c(c1)oc1c5ccccc5ccc41)c1oc4ccccc4c21)C(C)(C)c1cc(-c2ccc4c(c2)oc2c5ccccc5ccc42)c2oc4ccccc4c2c1-3. The van der Waals surface area contributed by atoms with E-state index < -0.39 is 0 Å². The number of hydrogen-bond donors (Lipinski definition) is 0. The molecular formula is C68H42O4. The molecule has 0 bridgehead atoms. The highest BCUT2D eigenvalue weighted by Crippen LogP contribution is 2.61. The Hall–Kier alpha value is -8.86. The Balaban J connectivity index is 0.884. The summed E-state index contributed by atoms with van der Waals surface area (Å²) in [4.78, 5) is 0. The van der Waals surface area contributed by atoms with Crippen molar-refractivity contribution < 1.29 is 17.7 Å². The Morgan fingerprint density at radius 3 is 1.11 bits per heavy atom. The molecule has 0 aliphatic heterocycles. The maximum absolute atomic E-state index is 7.01. The van der Waals surface area contributed by atoms with E-state index in [0.29, 0.717) is 0 Å². The molecule has 0 saturated heterocycles. The Morgan fingerprint density at radius 1 is 0.278 bits per heavy atom. The van der Waals surface area contributed by atoms with Crippen LogP contribution in [0.4, 0.5) is 0 Å². The third kappa shape index (κ3) is 4.78. The number of fused-ring (bicyclic) bond motifs is 24. The summed E-state index contributed by atoms with van der Waals surface area (Å²) in [5, 5.41) is 13.6. The zero-order valence-corrected chi connectivity index (χ0v) is 40.0. The summed E-state index contributed by atoms with van der Waals surface area (Å²) >= 11 is 0. The molecule has 4 nitrogen and oxygen atoms in total. The molecule has 0 N–H and O–H groups in total. The van der Waals surface area contributed by atoms with Gasteiger partial charge in [-0.25, -0.2) is 0 Å². The van der Waals surface area contributed by atoms with Crippen molar-refractivity contribution in [3.05, 3.63) is 204 Å². The highest BCUT2D eigenvalue weighted by atomic mass is 16.3. The number of para-hydroxylation sites is 2. The Labute approximate surface area is 412 Å². The Kier molecular flexibility index (Phi) is 7.08. The molecule has 0 spiro atoms. The van der Waals surface area contributed by atoms with Crippen LogP contribution in [0, 0.1) is 0 Å². The summed E-state index contributed by atoms with van der Waals surface area (Å²) in [6, 6.07) is 66.0. The summed E-state index contributed by atoms with van der Waals surface area (Å²) in [5.74, 6) is 0. The first kappa shape index (κ1) is 38.9. The predicted octanol–water partition coefficient (Wildman–Crippen LogP) is 19.5. The van der Waals surface area contributed by atoms with E-state index in [-0.39, 0.29) is 10.8 Å². The van der Waals surface area contributed by atoms with Crippen molar-refractivity contribution in [1.82, 2.24) is 0 Å². The van der Waals surface area contributed by atoms with Crippen molar-refractivity contribution in [2.24, 2.45) is 0 Å². The van der Waals surface area contributed by atoms with E-state index in [4.69, 9.17) is 17.7 Å². The molecule has 4 heteroatoms. The van der Waals surface area contributed by atoms with Crippen LogP contribution in [0.3, 0.4) is 0 Å². The quantitative estimate of drug-likeness (QED) is 0.173. The monoisotopic (exact) mass is 922 g/mol. The largest absolute Gasteiger partial charge is 0.455 e. The highest BCUT2D eigenvalue weighted by Gasteiger charge is 2.45. The van der Waals surface area contributed by atoms with Gasteiger partial charge in [-0.1, -0.05) is 137 Å². The van der Waals surface area contributed by atoms with Crippen LogP contribution in [-0.2, 0) is 10.8 Å². The lowest BCUT2D eigenvalue weighted by Gasteiger charge is -2.24. The lowest BCUT2D eigenvalue weighted by molar-refractivity contribution is 0.650. The van der Waals surface area contributed by atoms with Gasteiger partial charge >= 0.3 is 0 Å². The predicted molar refractivity (Wildman–Crippen MR) is 297 cm³/mol. The fourth-order valence-corrected chi connectivity index (χ4v) is 13.5. The van der Waals surface area contributed by atoms with E-state index in [1.165, 1.54) is 55.3 Å². The molecule has 11 aromatic carbocycles. The van der Waals surface area contributed by atoms with Gasteiger partial charge in [0.25, 0.3) is 0 Å². The van der Waals surface area contributed by atoms with E-state index >= 15 is 0 Å². The van der Waals surface area contributed by atoms with Crippen molar-refractivity contribution in [2.75, 3.05) is 0 Å². The van der Waals surface area contributed by atoms with Crippen LogP contribution in [0.1, 0.15) is 49.9 Å². The van der Waals surface area contributed by atoms with Gasteiger partial charge in [0.1, 0.15) is 44.7 Å². The van der Waals surface area contributed by atoms with Crippen molar-refractivity contribution in [3.8, 4) is 44.5 Å². The van der Waals surface area contributed by atoms with E-state index in [1.807, 2.05) is 0 Å². The first-order valence-electron chi connectivity index (χ1n) is 25.0. The molecule has 15 aromatic rings. The minimum absolute atomic E-state index is 0.346. The van der Waals surface area contributed by atoms with Crippen LogP contribution >= 0.6 is 0 Å². The lowest BCUT2D eigenvalue weighted by atomic mass is 9.79. The van der Waals surface area contributed by atoms with E-state index in [1.54, 1.807) is 0 Å². The molecule has 4 heterocycles. The highest BCUT2D eigenvalue weighted by molar-refractivity contribution is 6.23. The first-order chi connectivity index (χ1) is 35.2. The maximum Gasteiger partial charge on any atom is 0.143 e. The average Bonchev–Trinajstić information content (AvgIpc) is 4.25. The molecule has 0 atom stereocenters. The molecule has 2 aliphatic carbocycles. The number of benzene rings is 11. The summed E-state index contributed by atoms with van der Waals surface area (Å²) < 4.78 is 27.5. The number of furan rings is 4. The molecule has 4 aromatic heterocycles. The van der Waals surface area contributed by atoms with Gasteiger partial charge in [0, 0.05) is 75.8 Å². The van der Waals surface area contributed by atoms with Crippen LogP contribution in [0.2, 0.25) is 0 Å². The van der Waals surface area contributed by atoms with Crippen LogP contribution in [0.5, 0.6) is 0 Å². The van der Waals surface area contributed by atoms with E-state index in [2.05, 4.69) is 210 Å². The van der Waals surface area contributed by atoms with Gasteiger partial charge in [0.2, 0.25) is 0 Å². The maximum atomic E-state index is 7.01. The average molecular weight is 923 g/mol. The second kappa shape index (κ2) is 13.1. The summed E-state index contributed by atoms with van der Waals surface area (Å²) in [7, 11) is 0. The zero-order valence-electron chi connectivity index (χ0n) is 40.0. The van der Waals surface area contributed by atoms with Crippen molar-refractivity contribution in [2.45, 2.75) is 38.5 Å². The minimum Gasteiger partial charge on any atom is -0.455 e. The van der Waals surface area contributed by atoms with Gasteiger partial charge in [0.15, 0.2) is 0 Å². The second-order valence-electron chi connectivity index (χ2n) is 21.4. The van der Waals surface area contributed by atoms with Gasteiger partial charge in [-0.2, -0.15) is 0 Å². The second-order valence-corrected chi connectivity index (χ2v) is 21.4. The molecule has 17 rings (SSSR count). The Morgan fingerprint density at radius 2 is 0.653 bits per heavy atom. The molecule has 0 saturated carbocycles.